The van der Waals surface area contributed by atoms with E-state index in [-0.39, 0.29) is 0 Å². The lowest BCUT2D eigenvalue weighted by atomic mass is 10.1. The van der Waals surface area contributed by atoms with Crippen LogP contribution in [0, 0.1) is 13.8 Å². The first-order valence-corrected chi connectivity index (χ1v) is 6.80. The fourth-order valence-corrected chi connectivity index (χ4v) is 2.48. The third-order valence-electron chi connectivity index (χ3n) is 3.50. The minimum absolute atomic E-state index is 0.309. The lowest BCUT2D eigenvalue weighted by Crippen LogP contribution is -2.30. The quantitative estimate of drug-likeness (QED) is 0.387. The zero-order valence-corrected chi connectivity index (χ0v) is 12.3. The zero-order valence-electron chi connectivity index (χ0n) is 12.3. The van der Waals surface area contributed by atoms with Gasteiger partial charge in [0.1, 0.15) is 5.69 Å². The predicted molar refractivity (Wildman–Crippen MR) is 82.3 cm³/mol. The van der Waals surface area contributed by atoms with E-state index in [1.165, 1.54) is 0 Å². The number of hydrazine groups is 1. The molecule has 0 spiro atoms. The first kappa shape index (κ1) is 14.0. The van der Waals surface area contributed by atoms with E-state index in [1.807, 2.05) is 48.9 Å². The summed E-state index contributed by atoms with van der Waals surface area (Å²) < 4.78 is 1.86. The minimum Gasteiger partial charge on any atom is -0.289 e. The van der Waals surface area contributed by atoms with Crippen LogP contribution < -0.4 is 11.3 Å². The number of aromatic amines is 1. The van der Waals surface area contributed by atoms with Crippen molar-refractivity contribution in [2.75, 3.05) is 0 Å². The van der Waals surface area contributed by atoms with E-state index >= 15 is 0 Å². The molecule has 0 bridgehead atoms. The standard InChI is InChI=1S/C15H16N6O/c1-9-14(12-8-13(19-18-12)15(22)17-16)10(2)21(20-9)11-6-4-3-5-7-11/h3-8H,16H2,1-2H3,(H,17,22)(H,18,19). The number of rotatable bonds is 3. The van der Waals surface area contributed by atoms with Gasteiger partial charge in [-0.1, -0.05) is 18.2 Å². The molecule has 4 N–H and O–H groups in total. The van der Waals surface area contributed by atoms with Crippen molar-refractivity contribution >= 4 is 5.91 Å². The van der Waals surface area contributed by atoms with E-state index < -0.39 is 5.91 Å². The Labute approximate surface area is 127 Å². The number of carbonyl (C=O) groups excluding carboxylic acids is 1. The second-order valence-electron chi connectivity index (χ2n) is 4.93. The molecule has 112 valence electrons. The smallest absolute Gasteiger partial charge is 0.283 e. The number of nitrogens with one attached hydrogen (secondary N) is 2. The molecule has 7 heteroatoms. The van der Waals surface area contributed by atoms with Crippen LogP contribution in [0.15, 0.2) is 36.4 Å². The molecule has 2 heterocycles. The zero-order chi connectivity index (χ0) is 15.7. The molecule has 0 saturated heterocycles. The van der Waals surface area contributed by atoms with Gasteiger partial charge in [-0.3, -0.25) is 15.3 Å². The number of para-hydroxylation sites is 1. The molecule has 1 aromatic carbocycles. The van der Waals surface area contributed by atoms with Gasteiger partial charge < -0.3 is 0 Å². The number of nitrogens with zero attached hydrogens (tertiary/aromatic N) is 3. The highest BCUT2D eigenvalue weighted by Crippen LogP contribution is 2.27. The van der Waals surface area contributed by atoms with Crippen LogP contribution in [0.4, 0.5) is 0 Å². The van der Waals surface area contributed by atoms with Gasteiger partial charge in [-0.15, -0.1) is 0 Å². The number of benzene rings is 1. The summed E-state index contributed by atoms with van der Waals surface area (Å²) in [7, 11) is 0. The van der Waals surface area contributed by atoms with Gasteiger partial charge in [0.2, 0.25) is 0 Å². The largest absolute Gasteiger partial charge is 0.289 e. The van der Waals surface area contributed by atoms with E-state index in [1.54, 1.807) is 6.07 Å². The molecular weight excluding hydrogens is 280 g/mol. The van der Waals surface area contributed by atoms with E-state index in [2.05, 4.69) is 20.7 Å². The lowest BCUT2D eigenvalue weighted by Gasteiger charge is -2.04. The predicted octanol–water partition coefficient (Wildman–Crippen LogP) is 1.48. The van der Waals surface area contributed by atoms with E-state index in [9.17, 15) is 4.79 Å². The lowest BCUT2D eigenvalue weighted by molar-refractivity contribution is 0.0948. The average molecular weight is 296 g/mol. The van der Waals surface area contributed by atoms with Gasteiger partial charge in [0.15, 0.2) is 0 Å². The summed E-state index contributed by atoms with van der Waals surface area (Å²) in [6.07, 6.45) is 0. The number of nitrogens with two attached hydrogens (primary N) is 1. The molecule has 1 amide bonds. The maximum absolute atomic E-state index is 11.5. The number of hydrogen-bond donors (Lipinski definition) is 3. The summed E-state index contributed by atoms with van der Waals surface area (Å²) in [6, 6.07) is 11.5. The fraction of sp³-hybridized carbons (Fsp3) is 0.133. The van der Waals surface area contributed by atoms with Crippen LogP contribution in [0.1, 0.15) is 21.9 Å². The van der Waals surface area contributed by atoms with Crippen LogP contribution in [0.3, 0.4) is 0 Å². The van der Waals surface area contributed by atoms with Gasteiger partial charge >= 0.3 is 0 Å². The topological polar surface area (TPSA) is 102 Å². The van der Waals surface area contributed by atoms with Crippen molar-refractivity contribution in [3.05, 3.63) is 53.5 Å². The van der Waals surface area contributed by atoms with Crippen molar-refractivity contribution in [3.63, 3.8) is 0 Å². The molecule has 0 aliphatic rings. The van der Waals surface area contributed by atoms with Crippen LogP contribution in [0.5, 0.6) is 0 Å². The highest BCUT2D eigenvalue weighted by atomic mass is 16.2. The van der Waals surface area contributed by atoms with E-state index in [0.29, 0.717) is 11.4 Å². The summed E-state index contributed by atoms with van der Waals surface area (Å²) in [5.41, 5.74) is 6.72. The van der Waals surface area contributed by atoms with Crippen LogP contribution >= 0.6 is 0 Å². The molecule has 0 atom stereocenters. The first-order chi connectivity index (χ1) is 10.6. The Morgan fingerprint density at radius 1 is 1.27 bits per heavy atom. The molecular formula is C15H16N6O. The fourth-order valence-electron chi connectivity index (χ4n) is 2.48. The van der Waals surface area contributed by atoms with Crippen LogP contribution in [0.25, 0.3) is 16.9 Å². The van der Waals surface area contributed by atoms with Crippen molar-refractivity contribution in [2.45, 2.75) is 13.8 Å². The number of nitrogen functional groups attached to an aromatic ring is 1. The third kappa shape index (κ3) is 2.27. The number of carbonyl (C=O) groups is 1. The SMILES string of the molecule is Cc1nn(-c2ccccc2)c(C)c1-c1cc(C(=O)NN)[nH]n1. The summed E-state index contributed by atoms with van der Waals surface area (Å²) in [6.45, 7) is 3.89. The maximum atomic E-state index is 11.5. The molecule has 22 heavy (non-hydrogen) atoms. The Morgan fingerprint density at radius 2 is 2.00 bits per heavy atom. The molecule has 2 aromatic heterocycles. The molecule has 0 aliphatic carbocycles. The van der Waals surface area contributed by atoms with Crippen LogP contribution in [-0.2, 0) is 0 Å². The summed E-state index contributed by atoms with van der Waals surface area (Å²) in [5, 5.41) is 11.4. The number of H-pyrrole nitrogens is 1. The third-order valence-corrected chi connectivity index (χ3v) is 3.50. The Bertz CT molecular complexity index is 818. The monoisotopic (exact) mass is 296 g/mol. The first-order valence-electron chi connectivity index (χ1n) is 6.80. The Balaban J connectivity index is 2.07. The highest BCUT2D eigenvalue weighted by Gasteiger charge is 2.18. The summed E-state index contributed by atoms with van der Waals surface area (Å²) >= 11 is 0. The maximum Gasteiger partial charge on any atom is 0.283 e. The van der Waals surface area contributed by atoms with Gasteiger partial charge in [-0.05, 0) is 32.0 Å². The number of aromatic nitrogens is 4. The van der Waals surface area contributed by atoms with Crippen molar-refractivity contribution in [3.8, 4) is 16.9 Å². The van der Waals surface area contributed by atoms with Gasteiger partial charge in [-0.25, -0.2) is 10.5 Å². The molecule has 0 radical (unpaired) electrons. The second-order valence-corrected chi connectivity index (χ2v) is 4.93. The molecule has 3 rings (SSSR count). The molecule has 7 nitrogen and oxygen atoms in total. The van der Waals surface area contributed by atoms with Gasteiger partial charge in [0.25, 0.3) is 5.91 Å². The van der Waals surface area contributed by atoms with Gasteiger partial charge in [0.05, 0.1) is 22.8 Å². The van der Waals surface area contributed by atoms with Crippen LogP contribution in [-0.4, -0.2) is 25.9 Å². The molecule has 0 aliphatic heterocycles. The summed E-state index contributed by atoms with van der Waals surface area (Å²) in [5.74, 6) is 4.72. The minimum atomic E-state index is -0.412. The average Bonchev–Trinajstić information content (AvgIpc) is 3.12. The Kier molecular flexibility index (Phi) is 3.48. The van der Waals surface area contributed by atoms with Gasteiger partial charge in [0, 0.05) is 5.56 Å². The number of amides is 1. The second kappa shape index (κ2) is 5.45. The molecule has 3 aromatic rings. The summed E-state index contributed by atoms with van der Waals surface area (Å²) in [4.78, 5) is 11.5. The van der Waals surface area contributed by atoms with Crippen molar-refractivity contribution in [1.29, 1.82) is 0 Å². The molecule has 0 saturated carbocycles. The normalized spacial score (nSPS) is 10.7. The van der Waals surface area contributed by atoms with Crippen LogP contribution in [0.2, 0.25) is 0 Å². The molecule has 0 fully saturated rings. The highest BCUT2D eigenvalue weighted by molar-refractivity contribution is 5.93. The number of aryl methyl sites for hydroxylation is 1. The molecule has 0 unspecified atom stereocenters. The van der Waals surface area contributed by atoms with E-state index in [4.69, 9.17) is 5.84 Å². The Morgan fingerprint density at radius 3 is 2.68 bits per heavy atom. The van der Waals surface area contributed by atoms with Crippen molar-refractivity contribution < 1.29 is 4.79 Å². The van der Waals surface area contributed by atoms with Gasteiger partial charge in [-0.2, -0.15) is 10.2 Å². The van der Waals surface area contributed by atoms with E-state index in [0.717, 1.165) is 22.6 Å². The number of hydrogen-bond acceptors (Lipinski definition) is 4. The Hall–Kier alpha value is -2.93. The van der Waals surface area contributed by atoms with Crippen molar-refractivity contribution in [2.24, 2.45) is 5.84 Å². The van der Waals surface area contributed by atoms with Crippen molar-refractivity contribution in [1.82, 2.24) is 25.4 Å².